The maximum Gasteiger partial charge on any atom is 0.488 e. The van der Waals surface area contributed by atoms with Gasteiger partial charge in [0.1, 0.15) is 0 Å². The molecule has 1 aromatic rings. The van der Waals surface area contributed by atoms with Crippen LogP contribution in [0.5, 0.6) is 0 Å². The average molecular weight is 202 g/mol. The molecule has 6 heteroatoms. The highest BCUT2D eigenvalue weighted by atomic mass is 35.5. The molecule has 0 aliphatic carbocycles. The summed E-state index contributed by atoms with van der Waals surface area (Å²) in [5, 5.41) is 17.1. The first-order valence-corrected chi connectivity index (χ1v) is 3.74. The zero-order valence-electron chi connectivity index (χ0n) is 6.37. The van der Waals surface area contributed by atoms with E-state index >= 15 is 0 Å². The van der Waals surface area contributed by atoms with Crippen LogP contribution >= 0.6 is 11.6 Å². The Morgan fingerprint density at radius 2 is 2.08 bits per heavy atom. The van der Waals surface area contributed by atoms with Gasteiger partial charge in [-0.25, -0.2) is 4.39 Å². The van der Waals surface area contributed by atoms with Crippen LogP contribution in [0.3, 0.4) is 0 Å². The second-order valence-corrected chi connectivity index (χ2v) is 2.80. The topological polar surface area (TPSA) is 57.5 Å². The molecule has 13 heavy (non-hydrogen) atoms. The lowest BCUT2D eigenvalue weighted by Crippen LogP contribution is -2.30. The molecule has 0 unspecified atom stereocenters. The molecule has 0 aromatic heterocycles. The van der Waals surface area contributed by atoms with E-state index in [1.165, 1.54) is 0 Å². The molecular formula is C7H5BClFO3. The Hall–Kier alpha value is -0.905. The summed E-state index contributed by atoms with van der Waals surface area (Å²) in [5.41, 5.74) is -0.316. The Balaban J connectivity index is 3.30. The van der Waals surface area contributed by atoms with E-state index < -0.39 is 12.9 Å². The molecule has 2 N–H and O–H groups in total. The van der Waals surface area contributed by atoms with E-state index in [-0.39, 0.29) is 22.3 Å². The standard InChI is InChI=1S/C7H5BClFO3/c9-6-2-5(8(12)13)1-4(3-11)7(6)10/h1-3,12-13H. The van der Waals surface area contributed by atoms with Crippen molar-refractivity contribution in [3.05, 3.63) is 28.5 Å². The molecule has 3 nitrogen and oxygen atoms in total. The van der Waals surface area contributed by atoms with Gasteiger partial charge < -0.3 is 10.0 Å². The quantitative estimate of drug-likeness (QED) is 0.523. The predicted octanol–water partition coefficient (Wildman–Crippen LogP) is -0.0286. The fourth-order valence-electron chi connectivity index (χ4n) is 0.867. The van der Waals surface area contributed by atoms with Gasteiger partial charge in [-0.05, 0) is 17.6 Å². The molecule has 1 rings (SSSR count). The van der Waals surface area contributed by atoms with Gasteiger partial charge in [0.25, 0.3) is 0 Å². The number of aldehydes is 1. The minimum atomic E-state index is -1.77. The molecule has 68 valence electrons. The van der Waals surface area contributed by atoms with Crippen LogP contribution in [0.1, 0.15) is 10.4 Å². The predicted molar refractivity (Wildman–Crippen MR) is 46.6 cm³/mol. The van der Waals surface area contributed by atoms with Gasteiger partial charge in [0.2, 0.25) is 0 Å². The smallest absolute Gasteiger partial charge is 0.423 e. The van der Waals surface area contributed by atoms with E-state index in [4.69, 9.17) is 21.6 Å². The molecule has 0 aliphatic rings. The van der Waals surface area contributed by atoms with Crippen LogP contribution in [0.4, 0.5) is 4.39 Å². The highest BCUT2D eigenvalue weighted by Crippen LogP contribution is 2.15. The van der Waals surface area contributed by atoms with Crippen molar-refractivity contribution in [2.45, 2.75) is 0 Å². The molecule has 0 radical (unpaired) electrons. The van der Waals surface area contributed by atoms with Crippen molar-refractivity contribution in [3.8, 4) is 0 Å². The molecule has 0 saturated heterocycles. The summed E-state index contributed by atoms with van der Waals surface area (Å²) in [6.07, 6.45) is 0.257. The monoisotopic (exact) mass is 202 g/mol. The number of carbonyl (C=O) groups excluding carboxylic acids is 1. The first kappa shape index (κ1) is 10.2. The second-order valence-electron chi connectivity index (χ2n) is 2.40. The first-order chi connectivity index (χ1) is 6.06. The van der Waals surface area contributed by atoms with Gasteiger partial charge >= 0.3 is 7.12 Å². The van der Waals surface area contributed by atoms with Crippen molar-refractivity contribution < 1.29 is 19.2 Å². The Labute approximate surface area is 78.9 Å². The van der Waals surface area contributed by atoms with Crippen LogP contribution in [0, 0.1) is 5.82 Å². The number of carbonyl (C=O) groups is 1. The van der Waals surface area contributed by atoms with Crippen molar-refractivity contribution in [1.82, 2.24) is 0 Å². The third-order valence-corrected chi connectivity index (χ3v) is 1.78. The largest absolute Gasteiger partial charge is 0.488 e. The van der Waals surface area contributed by atoms with Crippen molar-refractivity contribution in [1.29, 1.82) is 0 Å². The zero-order chi connectivity index (χ0) is 10.0. The Kier molecular flexibility index (Phi) is 3.03. The van der Waals surface area contributed by atoms with E-state index in [0.717, 1.165) is 12.1 Å². The fraction of sp³-hybridized carbons (Fsp3) is 0. The summed E-state index contributed by atoms with van der Waals surface area (Å²) in [5.74, 6) is -0.860. The normalized spacial score (nSPS) is 9.85. The lowest BCUT2D eigenvalue weighted by atomic mass is 9.79. The highest BCUT2D eigenvalue weighted by Gasteiger charge is 2.16. The second kappa shape index (κ2) is 3.87. The molecule has 0 heterocycles. The maximum atomic E-state index is 12.9. The Bertz CT molecular complexity index is 343. The van der Waals surface area contributed by atoms with Crippen LogP contribution in [-0.2, 0) is 0 Å². The molecule has 0 aliphatic heterocycles. The van der Waals surface area contributed by atoms with Crippen LogP contribution in [0.15, 0.2) is 12.1 Å². The third-order valence-electron chi connectivity index (χ3n) is 1.50. The van der Waals surface area contributed by atoms with E-state index in [2.05, 4.69) is 0 Å². The molecule has 1 aromatic carbocycles. The van der Waals surface area contributed by atoms with Crippen LogP contribution in [0.2, 0.25) is 5.02 Å². The molecule has 0 bridgehead atoms. The molecule has 0 fully saturated rings. The van der Waals surface area contributed by atoms with Crippen LogP contribution in [0.25, 0.3) is 0 Å². The molecule has 0 atom stereocenters. The lowest BCUT2D eigenvalue weighted by molar-refractivity contribution is 0.112. The summed E-state index contributed by atoms with van der Waals surface area (Å²) in [6, 6.07) is 2.08. The Morgan fingerprint density at radius 3 is 2.54 bits per heavy atom. The van der Waals surface area contributed by atoms with E-state index in [9.17, 15) is 9.18 Å². The molecule has 0 saturated carbocycles. The van der Waals surface area contributed by atoms with Crippen molar-refractivity contribution in [3.63, 3.8) is 0 Å². The van der Waals surface area contributed by atoms with Gasteiger partial charge in [-0.2, -0.15) is 0 Å². The minimum Gasteiger partial charge on any atom is -0.423 e. The third kappa shape index (κ3) is 2.06. The summed E-state index contributed by atoms with van der Waals surface area (Å²) in [4.78, 5) is 10.3. The number of benzene rings is 1. The number of hydrogen-bond acceptors (Lipinski definition) is 3. The molecular weight excluding hydrogens is 197 g/mol. The summed E-state index contributed by atoms with van der Waals surface area (Å²) >= 11 is 5.39. The van der Waals surface area contributed by atoms with Gasteiger partial charge in [0.15, 0.2) is 12.1 Å². The van der Waals surface area contributed by atoms with Crippen LogP contribution in [-0.4, -0.2) is 23.5 Å². The van der Waals surface area contributed by atoms with Crippen molar-refractivity contribution in [2.75, 3.05) is 0 Å². The number of rotatable bonds is 2. The SMILES string of the molecule is O=Cc1cc(B(O)O)cc(Cl)c1F. The molecule has 0 spiro atoms. The number of halogens is 2. The summed E-state index contributed by atoms with van der Waals surface area (Å²) in [6.45, 7) is 0. The van der Waals surface area contributed by atoms with Crippen molar-refractivity contribution in [2.24, 2.45) is 0 Å². The first-order valence-electron chi connectivity index (χ1n) is 3.36. The van der Waals surface area contributed by atoms with Gasteiger partial charge in [0, 0.05) is 0 Å². The average Bonchev–Trinajstić information content (AvgIpc) is 2.09. The minimum absolute atomic E-state index is 0.0199. The van der Waals surface area contributed by atoms with Crippen LogP contribution < -0.4 is 5.46 Å². The van der Waals surface area contributed by atoms with Gasteiger partial charge in [-0.1, -0.05) is 11.6 Å². The van der Waals surface area contributed by atoms with Crippen molar-refractivity contribution >= 4 is 30.5 Å². The Morgan fingerprint density at radius 1 is 1.46 bits per heavy atom. The number of hydrogen-bond donors (Lipinski definition) is 2. The molecule has 0 amide bonds. The highest BCUT2D eigenvalue weighted by molar-refractivity contribution is 6.59. The zero-order valence-corrected chi connectivity index (χ0v) is 7.12. The maximum absolute atomic E-state index is 12.9. The van der Waals surface area contributed by atoms with E-state index in [1.807, 2.05) is 0 Å². The van der Waals surface area contributed by atoms with Gasteiger partial charge in [-0.3, -0.25) is 4.79 Å². The summed E-state index contributed by atoms with van der Waals surface area (Å²) in [7, 11) is -1.77. The van der Waals surface area contributed by atoms with E-state index in [0.29, 0.717) is 0 Å². The van der Waals surface area contributed by atoms with Gasteiger partial charge in [0.05, 0.1) is 10.6 Å². The lowest BCUT2D eigenvalue weighted by Gasteiger charge is -2.02. The van der Waals surface area contributed by atoms with Gasteiger partial charge in [-0.15, -0.1) is 0 Å². The van der Waals surface area contributed by atoms with E-state index in [1.54, 1.807) is 0 Å². The fourth-order valence-corrected chi connectivity index (χ4v) is 1.10. The summed E-state index contributed by atoms with van der Waals surface area (Å²) < 4.78 is 12.9.